The van der Waals surface area contributed by atoms with Crippen molar-refractivity contribution >= 4 is 21.8 Å². The predicted octanol–water partition coefficient (Wildman–Crippen LogP) is 4.45. The fraction of sp³-hybridized carbons (Fsp3) is 0.242. The Labute approximate surface area is 246 Å². The van der Waals surface area contributed by atoms with Gasteiger partial charge in [-0.1, -0.05) is 18.2 Å². The fourth-order valence-corrected chi connectivity index (χ4v) is 5.98. The molecule has 0 bridgehead atoms. The van der Waals surface area contributed by atoms with E-state index < -0.39 is 0 Å². The van der Waals surface area contributed by atoms with Crippen molar-refractivity contribution in [1.82, 2.24) is 34.6 Å². The molecule has 2 aromatic carbocycles. The summed E-state index contributed by atoms with van der Waals surface area (Å²) in [6.45, 7) is 1.52. The van der Waals surface area contributed by atoms with Gasteiger partial charge in [-0.3, -0.25) is 14.7 Å². The molecule has 2 N–H and O–H groups in total. The second kappa shape index (κ2) is 10.1. The van der Waals surface area contributed by atoms with Crippen LogP contribution in [0.5, 0.6) is 5.75 Å². The number of pyridine rings is 1. The minimum Gasteiger partial charge on any atom is -0.486 e. The van der Waals surface area contributed by atoms with Crippen molar-refractivity contribution in [3.8, 4) is 34.1 Å². The Morgan fingerprint density at radius 2 is 1.88 bits per heavy atom. The average Bonchev–Trinajstić information content (AvgIpc) is 3.78. The van der Waals surface area contributed by atoms with Crippen LogP contribution in [-0.2, 0) is 6.61 Å². The number of likely N-dealkylation sites (N-methyl/N-ethyl adjacent to an activating group) is 1. The Hall–Kier alpha value is -4.93. The first-order chi connectivity index (χ1) is 21.1. The molecule has 43 heavy (non-hydrogen) atoms. The van der Waals surface area contributed by atoms with Crippen molar-refractivity contribution in [2.75, 3.05) is 20.1 Å². The van der Waals surface area contributed by atoms with Gasteiger partial charge in [0.15, 0.2) is 0 Å². The number of fused-ring (bicyclic) bond motifs is 2. The molecular weight excluding hydrogens is 542 g/mol. The number of aromatic nitrogens is 6. The Morgan fingerprint density at radius 1 is 1.00 bits per heavy atom. The molecule has 1 aliphatic heterocycles. The molecule has 10 nitrogen and oxygen atoms in total. The standard InChI is InChI=1S/C33H29N7O3/c1-39-15-23(16-39)43-22-8-10-28(34-14-22)29-12-26-31(35-18-36-32(26)38-29)25-3-2-4-30(27(25)17-41)40-33(42)24-9-7-20(19-5-6-19)11-21(24)13-37-40/h2-4,7-14,18-19,23,41H,5-6,15-17H2,1H3,(H,35,36,38). The zero-order valence-electron chi connectivity index (χ0n) is 23.6. The maximum Gasteiger partial charge on any atom is 0.279 e. The highest BCUT2D eigenvalue weighted by Crippen LogP contribution is 2.40. The molecule has 2 fully saturated rings. The quantitative estimate of drug-likeness (QED) is 0.288. The van der Waals surface area contributed by atoms with E-state index in [9.17, 15) is 9.90 Å². The number of aliphatic hydroxyl groups excluding tert-OH is 1. The summed E-state index contributed by atoms with van der Waals surface area (Å²) in [5.74, 6) is 1.33. The molecule has 1 aliphatic carbocycles. The number of nitrogens with zero attached hydrogens (tertiary/aromatic N) is 6. The van der Waals surface area contributed by atoms with Crippen LogP contribution in [0.25, 0.3) is 50.1 Å². The van der Waals surface area contributed by atoms with Crippen LogP contribution in [0, 0.1) is 0 Å². The number of nitrogens with one attached hydrogen (secondary N) is 1. The second-order valence-electron chi connectivity index (χ2n) is 11.5. The molecule has 4 aromatic heterocycles. The summed E-state index contributed by atoms with van der Waals surface area (Å²) in [4.78, 5) is 32.8. The van der Waals surface area contributed by atoms with Gasteiger partial charge in [0.05, 0.1) is 47.2 Å². The van der Waals surface area contributed by atoms with Gasteiger partial charge in [-0.2, -0.15) is 9.78 Å². The number of ether oxygens (including phenoxy) is 1. The molecule has 1 saturated heterocycles. The average molecular weight is 572 g/mol. The number of aromatic amines is 1. The van der Waals surface area contributed by atoms with E-state index in [1.165, 1.54) is 29.4 Å². The van der Waals surface area contributed by atoms with Gasteiger partial charge in [-0.15, -0.1) is 0 Å². The Balaban J connectivity index is 1.17. The van der Waals surface area contributed by atoms with Crippen LogP contribution in [0.3, 0.4) is 0 Å². The number of likely N-dealkylation sites (tertiary alicyclic amines) is 1. The summed E-state index contributed by atoms with van der Waals surface area (Å²) in [7, 11) is 2.07. The highest BCUT2D eigenvalue weighted by atomic mass is 16.5. The first-order valence-electron chi connectivity index (χ1n) is 14.5. The van der Waals surface area contributed by atoms with Gasteiger partial charge in [-0.05, 0) is 67.8 Å². The summed E-state index contributed by atoms with van der Waals surface area (Å²) < 4.78 is 7.35. The molecular formula is C33H29N7O3. The topological polar surface area (TPSA) is 122 Å². The molecule has 5 heterocycles. The van der Waals surface area contributed by atoms with E-state index in [4.69, 9.17) is 4.74 Å². The number of rotatable bonds is 7. The van der Waals surface area contributed by atoms with Crippen LogP contribution in [0.15, 0.2) is 78.1 Å². The summed E-state index contributed by atoms with van der Waals surface area (Å²) in [6.07, 6.45) is 7.53. The summed E-state index contributed by atoms with van der Waals surface area (Å²) in [5, 5.41) is 17.3. The van der Waals surface area contributed by atoms with E-state index in [-0.39, 0.29) is 18.3 Å². The van der Waals surface area contributed by atoms with Crippen molar-refractivity contribution in [1.29, 1.82) is 0 Å². The van der Waals surface area contributed by atoms with Crippen LogP contribution in [0.4, 0.5) is 0 Å². The van der Waals surface area contributed by atoms with E-state index in [2.05, 4.69) is 43.0 Å². The van der Waals surface area contributed by atoms with Gasteiger partial charge >= 0.3 is 0 Å². The largest absolute Gasteiger partial charge is 0.486 e. The molecule has 6 aromatic rings. The molecule has 0 amide bonds. The van der Waals surface area contributed by atoms with Gasteiger partial charge < -0.3 is 14.8 Å². The lowest BCUT2D eigenvalue weighted by Gasteiger charge is -2.35. The maximum atomic E-state index is 13.6. The monoisotopic (exact) mass is 571 g/mol. The van der Waals surface area contributed by atoms with E-state index >= 15 is 0 Å². The third-order valence-corrected chi connectivity index (χ3v) is 8.42. The van der Waals surface area contributed by atoms with E-state index in [0.717, 1.165) is 41.0 Å². The van der Waals surface area contributed by atoms with E-state index in [0.29, 0.717) is 39.5 Å². The molecule has 0 atom stereocenters. The van der Waals surface area contributed by atoms with Crippen LogP contribution in [-0.4, -0.2) is 66.0 Å². The minimum atomic E-state index is -0.305. The van der Waals surface area contributed by atoms with Crippen molar-refractivity contribution in [3.05, 3.63) is 94.8 Å². The molecule has 2 aliphatic rings. The Morgan fingerprint density at radius 3 is 2.65 bits per heavy atom. The summed E-state index contributed by atoms with van der Waals surface area (Å²) >= 11 is 0. The molecule has 214 valence electrons. The van der Waals surface area contributed by atoms with Crippen molar-refractivity contribution in [2.45, 2.75) is 31.5 Å². The first kappa shape index (κ1) is 25.8. The number of benzene rings is 2. The van der Waals surface area contributed by atoms with Crippen molar-refractivity contribution in [2.24, 2.45) is 0 Å². The van der Waals surface area contributed by atoms with Gasteiger partial charge in [0.2, 0.25) is 0 Å². The van der Waals surface area contributed by atoms with E-state index in [1.807, 2.05) is 42.5 Å². The van der Waals surface area contributed by atoms with Gasteiger partial charge in [0, 0.05) is 35.0 Å². The van der Waals surface area contributed by atoms with Crippen LogP contribution < -0.4 is 10.3 Å². The van der Waals surface area contributed by atoms with Crippen LogP contribution in [0.2, 0.25) is 0 Å². The minimum absolute atomic E-state index is 0.195. The van der Waals surface area contributed by atoms with Gasteiger partial charge in [0.1, 0.15) is 23.8 Å². The summed E-state index contributed by atoms with van der Waals surface area (Å²) in [5.41, 5.74) is 5.58. The van der Waals surface area contributed by atoms with E-state index in [1.54, 1.807) is 18.5 Å². The Kier molecular flexibility index (Phi) is 6.06. The third-order valence-electron chi connectivity index (χ3n) is 8.42. The molecule has 0 spiro atoms. The van der Waals surface area contributed by atoms with Gasteiger partial charge in [0.25, 0.3) is 5.56 Å². The third kappa shape index (κ3) is 4.55. The number of H-pyrrole nitrogens is 1. The van der Waals surface area contributed by atoms with Gasteiger partial charge in [-0.25, -0.2) is 9.97 Å². The predicted molar refractivity (Wildman–Crippen MR) is 163 cm³/mol. The van der Waals surface area contributed by atoms with Crippen molar-refractivity contribution < 1.29 is 9.84 Å². The molecule has 0 unspecified atom stereocenters. The molecule has 8 rings (SSSR count). The lowest BCUT2D eigenvalue weighted by molar-refractivity contribution is 0.0386. The number of hydrogen-bond acceptors (Lipinski definition) is 8. The Bertz CT molecular complexity index is 2060. The smallest absolute Gasteiger partial charge is 0.279 e. The highest BCUT2D eigenvalue weighted by Gasteiger charge is 2.26. The number of aliphatic hydroxyl groups is 1. The van der Waals surface area contributed by atoms with Crippen LogP contribution >= 0.6 is 0 Å². The summed E-state index contributed by atoms with van der Waals surface area (Å²) in [6, 6.07) is 17.3. The molecule has 10 heteroatoms. The van der Waals surface area contributed by atoms with Crippen LogP contribution in [0.1, 0.15) is 29.9 Å². The zero-order valence-corrected chi connectivity index (χ0v) is 23.6. The lowest BCUT2D eigenvalue weighted by Crippen LogP contribution is -2.51. The van der Waals surface area contributed by atoms with Crippen molar-refractivity contribution in [3.63, 3.8) is 0 Å². The SMILES string of the molecule is CN1CC(Oc2ccc(-c3cc4c(-c5cccc(-n6ncc7cc(C8CC8)ccc7c6=O)c5CO)ncnc4[nH]3)nc2)C1. The molecule has 1 saturated carbocycles. The normalized spacial score (nSPS) is 15.7. The second-order valence-corrected chi connectivity index (χ2v) is 11.5. The maximum absolute atomic E-state index is 13.6. The number of hydrogen-bond donors (Lipinski definition) is 2. The zero-order chi connectivity index (χ0) is 29.1. The molecule has 0 radical (unpaired) electrons. The first-order valence-corrected chi connectivity index (χ1v) is 14.5. The fourth-order valence-electron chi connectivity index (χ4n) is 5.98. The highest BCUT2D eigenvalue weighted by molar-refractivity contribution is 5.95. The lowest BCUT2D eigenvalue weighted by atomic mass is 10.0.